The van der Waals surface area contributed by atoms with E-state index in [1.165, 1.54) is 47.7 Å². The van der Waals surface area contributed by atoms with Gasteiger partial charge in [-0.25, -0.2) is 0 Å². The first-order valence-corrected chi connectivity index (χ1v) is 10.1. The van der Waals surface area contributed by atoms with Crippen molar-refractivity contribution in [3.05, 3.63) is 79.1 Å². The molecular weight excluding hydrogens is 362 g/mol. The molecule has 0 fully saturated rings. The van der Waals surface area contributed by atoms with Gasteiger partial charge in [0.1, 0.15) is 4.83 Å². The molecule has 0 unspecified atom stereocenters. The van der Waals surface area contributed by atoms with Gasteiger partial charge in [0, 0.05) is 33.9 Å². The minimum Gasteiger partial charge on any atom is -0.298 e. The highest BCUT2D eigenvalue weighted by atomic mass is 32.1. The molecule has 0 radical (unpaired) electrons. The van der Waals surface area contributed by atoms with Gasteiger partial charge in [0.15, 0.2) is 0 Å². The molecule has 0 bridgehead atoms. The van der Waals surface area contributed by atoms with Gasteiger partial charge in [0.05, 0.1) is 27.1 Å². The molecule has 5 heterocycles. The summed E-state index contributed by atoms with van der Waals surface area (Å²) in [5, 5.41) is 6.17. The van der Waals surface area contributed by atoms with Crippen LogP contribution in [0.25, 0.3) is 58.9 Å². The summed E-state index contributed by atoms with van der Waals surface area (Å²) in [6.45, 7) is 0. The molecule has 7 rings (SSSR count). The predicted octanol–water partition coefficient (Wildman–Crippen LogP) is 6.51. The van der Waals surface area contributed by atoms with E-state index in [4.69, 9.17) is 4.98 Å². The Morgan fingerprint density at radius 2 is 1.54 bits per heavy atom. The zero-order valence-electron chi connectivity index (χ0n) is 14.8. The molecule has 0 atom stereocenters. The van der Waals surface area contributed by atoms with Crippen LogP contribution in [0.5, 0.6) is 0 Å². The number of pyridine rings is 2. The monoisotopic (exact) mass is 375 g/mol. The average Bonchev–Trinajstić information content (AvgIpc) is 3.40. The second kappa shape index (κ2) is 5.06. The molecule has 0 spiro atoms. The SMILES string of the molecule is c1ccc2c(-c3cc4c5ccnc6c7ccccc7n(c4s3)c56)nccc2c1. The lowest BCUT2D eigenvalue weighted by molar-refractivity contribution is 1.37. The van der Waals surface area contributed by atoms with Gasteiger partial charge >= 0.3 is 0 Å². The smallest absolute Gasteiger partial charge is 0.109 e. The minimum absolute atomic E-state index is 1.06. The summed E-state index contributed by atoms with van der Waals surface area (Å²) in [5.41, 5.74) is 4.58. The van der Waals surface area contributed by atoms with Crippen molar-refractivity contribution in [2.75, 3.05) is 0 Å². The first-order chi connectivity index (χ1) is 13.9. The lowest BCUT2D eigenvalue weighted by atomic mass is 10.1. The molecule has 0 aliphatic heterocycles. The Kier molecular flexibility index (Phi) is 2.63. The number of aromatic nitrogens is 3. The largest absolute Gasteiger partial charge is 0.298 e. The molecule has 0 aliphatic carbocycles. The highest BCUT2D eigenvalue weighted by molar-refractivity contribution is 7.22. The van der Waals surface area contributed by atoms with E-state index in [1.54, 1.807) is 0 Å². The van der Waals surface area contributed by atoms with Crippen molar-refractivity contribution in [2.45, 2.75) is 0 Å². The second-order valence-electron chi connectivity index (χ2n) is 7.12. The molecule has 0 saturated carbocycles. The third-order valence-electron chi connectivity index (χ3n) is 5.66. The normalized spacial score (nSPS) is 12.3. The highest BCUT2D eigenvalue weighted by Gasteiger charge is 2.20. The molecule has 0 amide bonds. The topological polar surface area (TPSA) is 30.2 Å². The molecule has 5 aromatic heterocycles. The molecule has 0 aliphatic rings. The Labute approximate surface area is 163 Å². The van der Waals surface area contributed by atoms with Crippen LogP contribution in [0.1, 0.15) is 0 Å². The quantitative estimate of drug-likeness (QED) is 0.327. The third-order valence-corrected chi connectivity index (χ3v) is 6.79. The van der Waals surface area contributed by atoms with E-state index < -0.39 is 0 Å². The number of thiophene rings is 1. The summed E-state index contributed by atoms with van der Waals surface area (Å²) in [6, 6.07) is 23.5. The maximum atomic E-state index is 4.73. The van der Waals surface area contributed by atoms with Crippen LogP contribution in [0.3, 0.4) is 0 Å². The minimum atomic E-state index is 1.06. The summed E-state index contributed by atoms with van der Waals surface area (Å²) in [7, 11) is 0. The standard InChI is InChI=1S/C24H13N3S/c1-2-6-15-14(5-1)9-11-25-21(15)20-13-18-16-10-12-26-22-17-7-3-4-8-19(17)27(23(16)22)24(18)28-20/h1-13H. The number of para-hydroxylation sites is 1. The van der Waals surface area contributed by atoms with Crippen LogP contribution < -0.4 is 0 Å². The van der Waals surface area contributed by atoms with Gasteiger partial charge in [-0.2, -0.15) is 0 Å². The van der Waals surface area contributed by atoms with Crippen LogP contribution in [0, 0.1) is 0 Å². The van der Waals surface area contributed by atoms with Crippen LogP contribution in [0.15, 0.2) is 79.1 Å². The van der Waals surface area contributed by atoms with E-state index in [9.17, 15) is 0 Å². The molecule has 2 aromatic carbocycles. The summed E-state index contributed by atoms with van der Waals surface area (Å²) >= 11 is 1.81. The van der Waals surface area contributed by atoms with Crippen molar-refractivity contribution in [2.24, 2.45) is 0 Å². The number of benzene rings is 2. The van der Waals surface area contributed by atoms with E-state index in [2.05, 4.69) is 76.1 Å². The van der Waals surface area contributed by atoms with Gasteiger partial charge in [-0.1, -0.05) is 42.5 Å². The van der Waals surface area contributed by atoms with Crippen molar-refractivity contribution in [3.8, 4) is 10.6 Å². The zero-order chi connectivity index (χ0) is 18.2. The summed E-state index contributed by atoms with van der Waals surface area (Å²) in [5.74, 6) is 0. The predicted molar refractivity (Wildman–Crippen MR) is 118 cm³/mol. The Morgan fingerprint density at radius 3 is 2.50 bits per heavy atom. The number of rotatable bonds is 1. The van der Waals surface area contributed by atoms with E-state index in [0.717, 1.165) is 11.2 Å². The van der Waals surface area contributed by atoms with Crippen molar-refractivity contribution in [3.63, 3.8) is 0 Å². The number of hydrogen-bond donors (Lipinski definition) is 0. The van der Waals surface area contributed by atoms with Gasteiger partial charge in [0.2, 0.25) is 0 Å². The van der Waals surface area contributed by atoms with Crippen LogP contribution >= 0.6 is 11.3 Å². The van der Waals surface area contributed by atoms with Crippen molar-refractivity contribution < 1.29 is 0 Å². The molecular formula is C24H13N3S. The van der Waals surface area contributed by atoms with Gasteiger partial charge < -0.3 is 0 Å². The Balaban J connectivity index is 1.66. The summed E-state index contributed by atoms with van der Waals surface area (Å²) in [6.07, 6.45) is 3.83. The molecule has 4 heteroatoms. The summed E-state index contributed by atoms with van der Waals surface area (Å²) < 4.78 is 2.38. The van der Waals surface area contributed by atoms with E-state index in [0.29, 0.717) is 0 Å². The van der Waals surface area contributed by atoms with Crippen LogP contribution in [-0.2, 0) is 0 Å². The van der Waals surface area contributed by atoms with Crippen LogP contribution in [0.2, 0.25) is 0 Å². The molecule has 0 saturated heterocycles. The van der Waals surface area contributed by atoms with Crippen LogP contribution in [-0.4, -0.2) is 14.4 Å². The fraction of sp³-hybridized carbons (Fsp3) is 0. The highest BCUT2D eigenvalue weighted by Crippen LogP contribution is 2.44. The van der Waals surface area contributed by atoms with E-state index >= 15 is 0 Å². The Hall–Kier alpha value is -3.50. The maximum Gasteiger partial charge on any atom is 0.109 e. The first kappa shape index (κ1) is 14.5. The maximum absolute atomic E-state index is 4.73. The first-order valence-electron chi connectivity index (χ1n) is 9.27. The van der Waals surface area contributed by atoms with E-state index in [1.807, 2.05) is 23.7 Å². The Morgan fingerprint density at radius 1 is 0.714 bits per heavy atom. The lowest BCUT2D eigenvalue weighted by Gasteiger charge is -2.02. The third kappa shape index (κ3) is 1.69. The molecule has 7 aromatic rings. The summed E-state index contributed by atoms with van der Waals surface area (Å²) in [4.78, 5) is 11.9. The fourth-order valence-corrected chi connectivity index (χ4v) is 5.67. The van der Waals surface area contributed by atoms with Crippen molar-refractivity contribution in [1.82, 2.24) is 14.4 Å². The van der Waals surface area contributed by atoms with Gasteiger partial charge in [-0.3, -0.25) is 14.4 Å². The van der Waals surface area contributed by atoms with Crippen LogP contribution in [0.4, 0.5) is 0 Å². The number of hydrogen-bond acceptors (Lipinski definition) is 3. The number of nitrogens with zero attached hydrogens (tertiary/aromatic N) is 3. The molecule has 0 N–H and O–H groups in total. The van der Waals surface area contributed by atoms with Gasteiger partial charge in [-0.05, 0) is 29.7 Å². The zero-order valence-corrected chi connectivity index (χ0v) is 15.6. The Bertz CT molecular complexity index is 1670. The number of fused-ring (bicyclic) bond motifs is 7. The lowest BCUT2D eigenvalue weighted by Crippen LogP contribution is -1.82. The molecule has 3 nitrogen and oxygen atoms in total. The molecule has 130 valence electrons. The average molecular weight is 375 g/mol. The van der Waals surface area contributed by atoms with Crippen molar-refractivity contribution >= 4 is 59.6 Å². The van der Waals surface area contributed by atoms with Gasteiger partial charge in [0.25, 0.3) is 0 Å². The van der Waals surface area contributed by atoms with Gasteiger partial charge in [-0.15, -0.1) is 11.3 Å². The molecule has 28 heavy (non-hydrogen) atoms. The van der Waals surface area contributed by atoms with E-state index in [-0.39, 0.29) is 0 Å². The fourth-order valence-electron chi connectivity index (χ4n) is 4.47. The van der Waals surface area contributed by atoms with Crippen molar-refractivity contribution in [1.29, 1.82) is 0 Å². The second-order valence-corrected chi connectivity index (χ2v) is 8.15.